The predicted octanol–water partition coefficient (Wildman–Crippen LogP) is 4.30. The number of nitrogens with two attached hydrogens (primary N) is 1. The molecule has 0 fully saturated rings. The molecule has 0 rings (SSSR count). The summed E-state index contributed by atoms with van der Waals surface area (Å²) < 4.78 is 0. The Morgan fingerprint density at radius 1 is 0.957 bits per heavy atom. The van der Waals surface area contributed by atoms with Crippen LogP contribution in [0.1, 0.15) is 87.0 Å². The monoisotopic (exact) mass is 327 g/mol. The van der Waals surface area contributed by atoms with Gasteiger partial charge < -0.3 is 15.3 Å². The predicted molar refractivity (Wildman–Crippen MR) is 96.0 cm³/mol. The highest BCUT2D eigenvalue weighted by Crippen LogP contribution is 2.38. The summed E-state index contributed by atoms with van der Waals surface area (Å²) in [4.78, 5) is 31.4. The molecule has 4 nitrogen and oxygen atoms in total. The van der Waals surface area contributed by atoms with E-state index >= 15 is 0 Å². The van der Waals surface area contributed by atoms with Crippen LogP contribution in [-0.4, -0.2) is 18.5 Å². The molecule has 0 saturated carbocycles. The molecule has 4 heteroatoms. The quantitative estimate of drug-likeness (QED) is 0.608. The number of carbonyl (C=O) groups excluding carboxylic acids is 3. The van der Waals surface area contributed by atoms with Gasteiger partial charge in [0.1, 0.15) is 12.6 Å². The summed E-state index contributed by atoms with van der Waals surface area (Å²) in [7, 11) is 0. The molecule has 0 atom stereocenters. The molecule has 0 radical (unpaired) electrons. The summed E-state index contributed by atoms with van der Waals surface area (Å²) in [5.41, 5.74) is 5.11. The molecule has 0 aromatic rings. The van der Waals surface area contributed by atoms with E-state index in [0.29, 0.717) is 12.8 Å². The maximum absolute atomic E-state index is 10.9. The highest BCUT2D eigenvalue weighted by Gasteiger charge is 2.29. The first-order valence-electron chi connectivity index (χ1n) is 8.49. The van der Waals surface area contributed by atoms with Gasteiger partial charge in [0.2, 0.25) is 5.91 Å². The summed E-state index contributed by atoms with van der Waals surface area (Å²) in [5, 5.41) is 0. The molecule has 23 heavy (non-hydrogen) atoms. The van der Waals surface area contributed by atoms with Crippen LogP contribution in [0.2, 0.25) is 0 Å². The molecule has 2 N–H and O–H groups in total. The van der Waals surface area contributed by atoms with Crippen LogP contribution in [0.5, 0.6) is 0 Å². The third kappa shape index (κ3) is 15.5. The van der Waals surface area contributed by atoms with Gasteiger partial charge in [-0.1, -0.05) is 54.9 Å². The van der Waals surface area contributed by atoms with Crippen LogP contribution in [0.15, 0.2) is 0 Å². The summed E-state index contributed by atoms with van der Waals surface area (Å²) in [5.74, 6) is -0.258. The molecule has 0 aliphatic rings. The van der Waals surface area contributed by atoms with Gasteiger partial charge >= 0.3 is 0 Å². The van der Waals surface area contributed by atoms with Crippen molar-refractivity contribution < 1.29 is 14.4 Å². The second-order valence-electron chi connectivity index (χ2n) is 8.71. The molecular formula is C19H37NO3. The molecule has 0 unspecified atom stereocenters. The van der Waals surface area contributed by atoms with Gasteiger partial charge in [0.25, 0.3) is 0 Å². The molecule has 0 bridgehead atoms. The average Bonchev–Trinajstić information content (AvgIpc) is 2.34. The number of carbonyl (C=O) groups is 3. The van der Waals surface area contributed by atoms with Crippen LogP contribution in [-0.2, 0) is 14.4 Å². The van der Waals surface area contributed by atoms with Crippen molar-refractivity contribution in [3.8, 4) is 0 Å². The Hall–Kier alpha value is -1.19. The van der Waals surface area contributed by atoms with Crippen LogP contribution in [0.3, 0.4) is 0 Å². The topological polar surface area (TPSA) is 77.2 Å². The van der Waals surface area contributed by atoms with E-state index in [1.807, 2.05) is 27.7 Å². The highest BCUT2D eigenvalue weighted by molar-refractivity contribution is 5.74. The number of hydrogen-bond donors (Lipinski definition) is 1. The molecular weight excluding hydrogens is 290 g/mol. The minimum absolute atomic E-state index is 0.0832. The Labute approximate surface area is 142 Å². The van der Waals surface area contributed by atoms with Gasteiger partial charge in [0.15, 0.2) is 0 Å². The number of amides is 1. The second-order valence-corrected chi connectivity index (χ2v) is 8.71. The summed E-state index contributed by atoms with van der Waals surface area (Å²) in [6, 6.07) is 0. The zero-order valence-electron chi connectivity index (χ0n) is 16.2. The van der Waals surface area contributed by atoms with Gasteiger partial charge in [-0.15, -0.1) is 0 Å². The molecule has 0 aliphatic heterocycles. The molecule has 0 aliphatic carbocycles. The Kier molecular flexibility index (Phi) is 11.0. The summed E-state index contributed by atoms with van der Waals surface area (Å²) >= 11 is 0. The maximum Gasteiger partial charge on any atom is 0.217 e. The van der Waals surface area contributed by atoms with Crippen LogP contribution in [0.4, 0.5) is 0 Å². The molecule has 0 aromatic carbocycles. The van der Waals surface area contributed by atoms with E-state index < -0.39 is 0 Å². The van der Waals surface area contributed by atoms with Gasteiger partial charge in [-0.3, -0.25) is 4.79 Å². The van der Waals surface area contributed by atoms with Crippen LogP contribution >= 0.6 is 0 Å². The number of hydrogen-bond acceptors (Lipinski definition) is 3. The standard InChI is InChI=1S/C12H23NO2.C7H14O/c1-11(2,6-5-7-14)9-12(3,4)8-10(13)15;1-4-5-7(2,3)6-8/h7H,5-6,8-9H2,1-4H3,(H2,13,15);6H,4-5H2,1-3H3. The first kappa shape index (κ1) is 24.1. The first-order valence-corrected chi connectivity index (χ1v) is 8.49. The van der Waals surface area contributed by atoms with Crippen LogP contribution in [0.25, 0.3) is 0 Å². The number of aldehydes is 2. The molecule has 0 heterocycles. The van der Waals surface area contributed by atoms with E-state index in [-0.39, 0.29) is 22.2 Å². The van der Waals surface area contributed by atoms with Crippen molar-refractivity contribution in [3.63, 3.8) is 0 Å². The molecule has 136 valence electrons. The van der Waals surface area contributed by atoms with E-state index in [4.69, 9.17) is 5.73 Å². The van der Waals surface area contributed by atoms with Crippen molar-refractivity contribution in [2.24, 2.45) is 22.0 Å². The van der Waals surface area contributed by atoms with Gasteiger partial charge in [-0.25, -0.2) is 0 Å². The lowest BCUT2D eigenvalue weighted by molar-refractivity contribution is -0.120. The lowest BCUT2D eigenvalue weighted by Gasteiger charge is -2.34. The fourth-order valence-corrected chi connectivity index (χ4v) is 3.07. The van der Waals surface area contributed by atoms with Gasteiger partial charge in [-0.05, 0) is 30.1 Å². The first-order chi connectivity index (χ1) is 10.3. The van der Waals surface area contributed by atoms with Crippen molar-refractivity contribution in [2.75, 3.05) is 0 Å². The molecule has 0 spiro atoms. The van der Waals surface area contributed by atoms with Crippen molar-refractivity contribution >= 4 is 18.5 Å². The SMILES string of the molecule is CC(C)(CCC=O)CC(C)(C)CC(N)=O.CCCC(C)(C)C=O. The Morgan fingerprint density at radius 3 is 1.78 bits per heavy atom. The van der Waals surface area contributed by atoms with Crippen molar-refractivity contribution in [3.05, 3.63) is 0 Å². The number of primary amides is 1. The Balaban J connectivity index is 0. The summed E-state index contributed by atoms with van der Waals surface area (Å²) in [6.07, 6.45) is 6.80. The van der Waals surface area contributed by atoms with Crippen LogP contribution in [0, 0.1) is 16.2 Å². The van der Waals surface area contributed by atoms with Gasteiger partial charge in [0, 0.05) is 18.3 Å². The molecule has 0 aromatic heterocycles. The fourth-order valence-electron chi connectivity index (χ4n) is 3.07. The van der Waals surface area contributed by atoms with Crippen molar-refractivity contribution in [1.29, 1.82) is 0 Å². The third-order valence-corrected chi connectivity index (χ3v) is 3.76. The molecule has 1 amide bonds. The van der Waals surface area contributed by atoms with Gasteiger partial charge in [-0.2, -0.15) is 0 Å². The van der Waals surface area contributed by atoms with Crippen molar-refractivity contribution in [1.82, 2.24) is 0 Å². The smallest absolute Gasteiger partial charge is 0.217 e. The third-order valence-electron chi connectivity index (χ3n) is 3.76. The van der Waals surface area contributed by atoms with E-state index in [1.165, 1.54) is 0 Å². The minimum Gasteiger partial charge on any atom is -0.370 e. The zero-order chi connectivity index (χ0) is 18.7. The maximum atomic E-state index is 10.9. The van der Waals surface area contributed by atoms with Crippen molar-refractivity contribution in [2.45, 2.75) is 87.0 Å². The zero-order valence-corrected chi connectivity index (χ0v) is 16.2. The fraction of sp³-hybridized carbons (Fsp3) is 0.842. The molecule has 0 saturated heterocycles. The lowest BCUT2D eigenvalue weighted by Crippen LogP contribution is -2.28. The van der Waals surface area contributed by atoms with E-state index in [1.54, 1.807) is 0 Å². The van der Waals surface area contributed by atoms with Crippen LogP contribution < -0.4 is 5.73 Å². The van der Waals surface area contributed by atoms with E-state index in [9.17, 15) is 14.4 Å². The highest BCUT2D eigenvalue weighted by atomic mass is 16.1. The lowest BCUT2D eigenvalue weighted by atomic mass is 9.71. The van der Waals surface area contributed by atoms with Gasteiger partial charge in [0.05, 0.1) is 0 Å². The second kappa shape index (κ2) is 10.6. The average molecular weight is 328 g/mol. The minimum atomic E-state index is -0.258. The summed E-state index contributed by atoms with van der Waals surface area (Å²) in [6.45, 7) is 14.3. The largest absolute Gasteiger partial charge is 0.370 e. The number of rotatable bonds is 10. The Morgan fingerprint density at radius 2 is 1.48 bits per heavy atom. The normalized spacial score (nSPS) is 12.1. The van der Waals surface area contributed by atoms with E-state index in [0.717, 1.165) is 38.3 Å². The Bertz CT molecular complexity index is 371. The van der Waals surface area contributed by atoms with E-state index in [2.05, 4.69) is 20.8 Å².